The molecule has 0 bridgehead atoms. The second-order valence-electron chi connectivity index (χ2n) is 9.40. The van der Waals surface area contributed by atoms with E-state index in [1.807, 2.05) is 0 Å². The minimum atomic E-state index is -4.77. The van der Waals surface area contributed by atoms with Crippen molar-refractivity contribution in [1.29, 1.82) is 0 Å². The van der Waals surface area contributed by atoms with Gasteiger partial charge in [0, 0.05) is 19.2 Å². The van der Waals surface area contributed by atoms with Gasteiger partial charge in [0.1, 0.15) is 11.6 Å². The number of halogens is 6. The number of anilines is 2. The Morgan fingerprint density at radius 2 is 1.69 bits per heavy atom. The van der Waals surface area contributed by atoms with Crippen molar-refractivity contribution >= 4 is 21.4 Å². The van der Waals surface area contributed by atoms with E-state index in [4.69, 9.17) is 0 Å². The van der Waals surface area contributed by atoms with Gasteiger partial charge in [0.05, 0.1) is 27.4 Å². The Balaban J connectivity index is 1.77. The Labute approximate surface area is 220 Å². The number of rotatable bonds is 7. The molecule has 4 rings (SSSR count). The van der Waals surface area contributed by atoms with E-state index in [0.717, 1.165) is 36.4 Å². The summed E-state index contributed by atoms with van der Waals surface area (Å²) in [5.74, 6) is -1.33. The van der Waals surface area contributed by atoms with Crippen LogP contribution in [0.4, 0.5) is 37.7 Å². The zero-order valence-electron chi connectivity index (χ0n) is 20.5. The molecule has 0 amide bonds. The van der Waals surface area contributed by atoms with E-state index < -0.39 is 50.4 Å². The molecule has 1 aliphatic heterocycles. The van der Waals surface area contributed by atoms with Crippen LogP contribution in [0.1, 0.15) is 25.3 Å². The Bertz CT molecular complexity index is 1450. The van der Waals surface area contributed by atoms with Gasteiger partial charge in [0.2, 0.25) is 0 Å². The highest BCUT2D eigenvalue weighted by atomic mass is 32.2. The molecule has 0 aliphatic carbocycles. The van der Waals surface area contributed by atoms with Crippen LogP contribution in [0, 0.1) is 5.82 Å². The number of benzene rings is 3. The lowest BCUT2D eigenvalue weighted by atomic mass is 9.93. The Kier molecular flexibility index (Phi) is 7.77. The minimum absolute atomic E-state index is 0.0351. The summed E-state index contributed by atoms with van der Waals surface area (Å²) in [7, 11) is -4.54. The summed E-state index contributed by atoms with van der Waals surface area (Å²) in [5, 5.41) is 10.3. The van der Waals surface area contributed by atoms with Crippen LogP contribution in [-0.4, -0.2) is 38.8 Å². The Hall–Kier alpha value is -3.45. The number of nitrogens with zero attached hydrogens (tertiary/aromatic N) is 1. The molecule has 1 aliphatic rings. The highest BCUT2D eigenvalue weighted by Crippen LogP contribution is 2.38. The van der Waals surface area contributed by atoms with E-state index in [0.29, 0.717) is 37.7 Å². The lowest BCUT2D eigenvalue weighted by Crippen LogP contribution is -2.42. The van der Waals surface area contributed by atoms with E-state index in [-0.39, 0.29) is 16.8 Å². The molecule has 6 nitrogen and oxygen atoms in total. The summed E-state index contributed by atoms with van der Waals surface area (Å²) in [6.45, 7) is -0.838. The summed E-state index contributed by atoms with van der Waals surface area (Å²) in [6, 6.07) is 10.6. The van der Waals surface area contributed by atoms with Gasteiger partial charge in [0.15, 0.2) is 0 Å². The van der Waals surface area contributed by atoms with Gasteiger partial charge in [-0.25, -0.2) is 12.8 Å². The topological polar surface area (TPSA) is 78.9 Å². The van der Waals surface area contributed by atoms with E-state index >= 15 is 0 Å². The van der Waals surface area contributed by atoms with Gasteiger partial charge in [-0.15, -0.1) is 0 Å². The normalized spacial score (nSPS) is 15.9. The van der Waals surface area contributed by atoms with Crippen molar-refractivity contribution in [3.05, 3.63) is 72.0 Å². The number of nitrogens with one attached hydrogen (secondary N) is 1. The van der Waals surface area contributed by atoms with Gasteiger partial charge >= 0.3 is 12.8 Å². The first kappa shape index (κ1) is 28.6. The van der Waals surface area contributed by atoms with Gasteiger partial charge in [-0.3, -0.25) is 4.72 Å². The fourth-order valence-corrected chi connectivity index (χ4v) is 5.36. The van der Waals surface area contributed by atoms with Crippen molar-refractivity contribution in [3.8, 4) is 16.9 Å². The van der Waals surface area contributed by atoms with Crippen LogP contribution >= 0.6 is 0 Å². The number of aliphatic hydroxyl groups is 1. The highest BCUT2D eigenvalue weighted by Gasteiger charge is 2.32. The second kappa shape index (κ2) is 10.6. The molecule has 0 aromatic heterocycles. The zero-order chi connectivity index (χ0) is 28.6. The van der Waals surface area contributed by atoms with Crippen molar-refractivity contribution in [2.75, 3.05) is 22.7 Å². The molecule has 0 radical (unpaired) electrons. The molecular weight excluding hydrogens is 550 g/mol. The van der Waals surface area contributed by atoms with Crippen LogP contribution < -0.4 is 14.4 Å². The Morgan fingerprint density at radius 1 is 1.00 bits per heavy atom. The summed E-state index contributed by atoms with van der Waals surface area (Å²) in [6.07, 6.45) is -4.03. The van der Waals surface area contributed by atoms with Crippen LogP contribution in [-0.2, 0) is 16.2 Å². The van der Waals surface area contributed by atoms with Gasteiger partial charge in [-0.1, -0.05) is 12.1 Å². The fourth-order valence-electron chi connectivity index (χ4n) is 4.25. The lowest BCUT2D eigenvalue weighted by molar-refractivity contribution is -0.137. The van der Waals surface area contributed by atoms with Gasteiger partial charge < -0.3 is 14.7 Å². The summed E-state index contributed by atoms with van der Waals surface area (Å²) in [4.78, 5) is 1.16. The average Bonchev–Trinajstić information content (AvgIpc) is 2.83. The maximum Gasteiger partial charge on any atom is 0.416 e. The first-order valence-corrected chi connectivity index (χ1v) is 13.2. The van der Waals surface area contributed by atoms with Crippen molar-refractivity contribution in [2.24, 2.45) is 0 Å². The van der Waals surface area contributed by atoms with E-state index in [1.165, 1.54) is 18.2 Å². The number of piperidine rings is 1. The predicted octanol–water partition coefficient (Wildman–Crippen LogP) is 6.26. The number of sulfonamides is 1. The standard InChI is InChI=1S/C26H24F6N2O4S/c1-25(35)7-9-34(10-8-25)23-6-5-16(17-11-19(27)15-20(12-17)38-24(28)29)13-22(23)33-39(36,37)21-4-2-3-18(14-21)26(30,31)32/h2-6,11-15,24,33,35H,7-10H2,1H3. The van der Waals surface area contributed by atoms with Crippen LogP contribution in [0.2, 0.25) is 0 Å². The van der Waals surface area contributed by atoms with Gasteiger partial charge in [-0.2, -0.15) is 22.0 Å². The molecule has 210 valence electrons. The first-order valence-electron chi connectivity index (χ1n) is 11.7. The summed E-state index contributed by atoms with van der Waals surface area (Å²) in [5.41, 5.74) is -1.42. The minimum Gasteiger partial charge on any atom is -0.435 e. The molecule has 1 saturated heterocycles. The molecule has 39 heavy (non-hydrogen) atoms. The van der Waals surface area contributed by atoms with E-state index in [1.54, 1.807) is 11.8 Å². The van der Waals surface area contributed by atoms with Crippen LogP contribution in [0.5, 0.6) is 5.75 Å². The molecule has 0 spiro atoms. The van der Waals surface area contributed by atoms with Gasteiger partial charge in [0.25, 0.3) is 10.0 Å². The molecule has 0 atom stereocenters. The number of ether oxygens (including phenoxy) is 1. The maximum absolute atomic E-state index is 14.2. The van der Waals surface area contributed by atoms with Crippen molar-refractivity contribution in [2.45, 2.75) is 43.0 Å². The average molecular weight is 575 g/mol. The second-order valence-corrected chi connectivity index (χ2v) is 11.1. The summed E-state index contributed by atoms with van der Waals surface area (Å²) < 4.78 is 112. The maximum atomic E-state index is 14.2. The third kappa shape index (κ3) is 6.95. The smallest absolute Gasteiger partial charge is 0.416 e. The molecule has 1 fully saturated rings. The van der Waals surface area contributed by atoms with Crippen molar-refractivity contribution < 1.29 is 44.6 Å². The SMILES string of the molecule is CC1(O)CCN(c2ccc(-c3cc(F)cc(OC(F)F)c3)cc2NS(=O)(=O)c2cccc(C(F)(F)F)c2)CC1. The molecular formula is C26H24F6N2O4S. The molecule has 3 aromatic rings. The van der Waals surface area contributed by atoms with Crippen LogP contribution in [0.15, 0.2) is 65.6 Å². The molecule has 3 aromatic carbocycles. The molecule has 2 N–H and O–H groups in total. The lowest BCUT2D eigenvalue weighted by Gasteiger charge is -2.38. The molecule has 13 heteroatoms. The van der Waals surface area contributed by atoms with Crippen molar-refractivity contribution in [3.63, 3.8) is 0 Å². The van der Waals surface area contributed by atoms with E-state index in [2.05, 4.69) is 9.46 Å². The first-order chi connectivity index (χ1) is 18.1. The van der Waals surface area contributed by atoms with E-state index in [9.17, 15) is 39.9 Å². The third-order valence-electron chi connectivity index (χ3n) is 6.32. The molecule has 1 heterocycles. The predicted molar refractivity (Wildman–Crippen MR) is 133 cm³/mol. The Morgan fingerprint density at radius 3 is 2.33 bits per heavy atom. The highest BCUT2D eigenvalue weighted by molar-refractivity contribution is 7.92. The monoisotopic (exact) mass is 574 g/mol. The number of hydrogen-bond acceptors (Lipinski definition) is 5. The molecule has 0 saturated carbocycles. The fraction of sp³-hybridized carbons (Fsp3) is 0.308. The quantitative estimate of drug-likeness (QED) is 0.326. The van der Waals surface area contributed by atoms with Gasteiger partial charge in [-0.05, 0) is 73.4 Å². The van der Waals surface area contributed by atoms with Crippen molar-refractivity contribution in [1.82, 2.24) is 0 Å². The number of alkyl halides is 5. The zero-order valence-corrected chi connectivity index (χ0v) is 21.3. The largest absolute Gasteiger partial charge is 0.435 e. The third-order valence-corrected chi connectivity index (χ3v) is 7.69. The van der Waals surface area contributed by atoms with Crippen LogP contribution in [0.3, 0.4) is 0 Å². The molecule has 0 unspecified atom stereocenters. The summed E-state index contributed by atoms with van der Waals surface area (Å²) >= 11 is 0. The van der Waals surface area contributed by atoms with Crippen LogP contribution in [0.25, 0.3) is 11.1 Å². The number of hydrogen-bond donors (Lipinski definition) is 2.